The largest absolute Gasteiger partial charge is 0.490 e. The molecule has 9 heteroatoms. The third kappa shape index (κ3) is 6.75. The molecule has 35 heavy (non-hydrogen) atoms. The molecule has 1 heterocycles. The summed E-state index contributed by atoms with van der Waals surface area (Å²) in [6, 6.07) is 12.1. The van der Waals surface area contributed by atoms with Gasteiger partial charge in [0.1, 0.15) is 11.6 Å². The molecular formula is C26H29FN2O5S. The minimum Gasteiger partial charge on any atom is -0.490 e. The van der Waals surface area contributed by atoms with Gasteiger partial charge in [-0.25, -0.2) is 4.39 Å². The summed E-state index contributed by atoms with van der Waals surface area (Å²) in [6.45, 7) is 0.442. The number of thioether (sulfide) groups is 1. The van der Waals surface area contributed by atoms with Crippen molar-refractivity contribution in [3.05, 3.63) is 59.4 Å². The Balaban J connectivity index is 1.18. The fraction of sp³-hybridized carbons (Fsp3) is 0.423. The molecule has 0 saturated heterocycles. The number of nitrogens with one attached hydrogen (secondary N) is 2. The average Bonchev–Trinajstić information content (AvgIpc) is 3.27. The number of rotatable bonds is 9. The average molecular weight is 501 g/mol. The van der Waals surface area contributed by atoms with Gasteiger partial charge in [0.05, 0.1) is 16.9 Å². The van der Waals surface area contributed by atoms with E-state index in [0.717, 1.165) is 30.6 Å². The summed E-state index contributed by atoms with van der Waals surface area (Å²) in [5, 5.41) is 14.2. The smallest absolute Gasteiger partial charge is 0.303 e. The Kier molecular flexibility index (Phi) is 8.28. The summed E-state index contributed by atoms with van der Waals surface area (Å²) in [5.74, 6) is -1.59. The Morgan fingerprint density at radius 3 is 2.49 bits per heavy atom. The number of ether oxygens (including phenoxy) is 1. The van der Waals surface area contributed by atoms with Gasteiger partial charge in [-0.15, -0.1) is 11.8 Å². The van der Waals surface area contributed by atoms with Crippen LogP contribution >= 0.6 is 11.8 Å². The van der Waals surface area contributed by atoms with Crippen LogP contribution in [0.2, 0.25) is 0 Å². The predicted molar refractivity (Wildman–Crippen MR) is 130 cm³/mol. The van der Waals surface area contributed by atoms with Crippen LogP contribution in [0.4, 0.5) is 4.39 Å². The Labute approximate surface area is 207 Å². The number of amides is 2. The predicted octanol–water partition coefficient (Wildman–Crippen LogP) is 3.80. The standard InChI is InChI=1S/C26H29FN2O5S/c27-21-15-19(34-18-7-5-16(6-8-18)13-24(30)31)9-10-20(21)25(32)28-11-12-29-26(33)23-14-17-3-1-2-4-22(17)35-23/h1-4,9-10,15-16,18,23H,5-8,11-14H2,(H,28,32)(H,29,33)(H,30,31). The second kappa shape index (κ2) is 11.6. The monoisotopic (exact) mass is 500 g/mol. The molecule has 2 aromatic carbocycles. The summed E-state index contributed by atoms with van der Waals surface area (Å²) in [5.41, 5.74) is 1.08. The Morgan fingerprint density at radius 1 is 1.03 bits per heavy atom. The van der Waals surface area contributed by atoms with Crippen molar-refractivity contribution >= 4 is 29.5 Å². The SMILES string of the molecule is O=C(O)CC1CCC(Oc2ccc(C(=O)NCCNC(=O)C3Cc4ccccc4S3)c(F)c2)CC1. The van der Waals surface area contributed by atoms with Gasteiger partial charge < -0.3 is 20.5 Å². The first kappa shape index (κ1) is 25.0. The summed E-state index contributed by atoms with van der Waals surface area (Å²) < 4.78 is 20.4. The van der Waals surface area contributed by atoms with E-state index >= 15 is 0 Å². The van der Waals surface area contributed by atoms with E-state index in [1.807, 2.05) is 24.3 Å². The van der Waals surface area contributed by atoms with Crippen LogP contribution in [0, 0.1) is 11.7 Å². The van der Waals surface area contributed by atoms with E-state index in [1.54, 1.807) is 6.07 Å². The summed E-state index contributed by atoms with van der Waals surface area (Å²) >= 11 is 1.54. The molecule has 2 aliphatic rings. The molecular weight excluding hydrogens is 471 g/mol. The van der Waals surface area contributed by atoms with Gasteiger partial charge in [-0.05, 0) is 61.8 Å². The first-order chi connectivity index (χ1) is 16.9. The second-order valence-electron chi connectivity index (χ2n) is 8.97. The van der Waals surface area contributed by atoms with Gasteiger partial charge >= 0.3 is 5.97 Å². The van der Waals surface area contributed by atoms with Gasteiger partial charge in [0.2, 0.25) is 5.91 Å². The van der Waals surface area contributed by atoms with E-state index in [9.17, 15) is 18.8 Å². The zero-order chi connectivity index (χ0) is 24.8. The minimum atomic E-state index is -0.786. The van der Waals surface area contributed by atoms with Gasteiger partial charge in [-0.1, -0.05) is 18.2 Å². The number of carboxylic acids is 1. The van der Waals surface area contributed by atoms with Crippen LogP contribution in [0.3, 0.4) is 0 Å². The normalized spacial score (nSPS) is 21.1. The number of carboxylic acid groups (broad SMARTS) is 1. The number of hydrogen-bond acceptors (Lipinski definition) is 5. The molecule has 2 aromatic rings. The van der Waals surface area contributed by atoms with Crippen molar-refractivity contribution in [1.82, 2.24) is 10.6 Å². The number of halogens is 1. The van der Waals surface area contributed by atoms with Crippen molar-refractivity contribution < 1.29 is 28.6 Å². The van der Waals surface area contributed by atoms with E-state index in [-0.39, 0.29) is 48.3 Å². The highest BCUT2D eigenvalue weighted by Gasteiger charge is 2.28. The van der Waals surface area contributed by atoms with E-state index in [1.165, 1.54) is 29.5 Å². The topological polar surface area (TPSA) is 105 Å². The van der Waals surface area contributed by atoms with Crippen LogP contribution in [0.25, 0.3) is 0 Å². The second-order valence-corrected chi connectivity index (χ2v) is 10.2. The first-order valence-corrected chi connectivity index (χ1v) is 12.8. The van der Waals surface area contributed by atoms with Crippen LogP contribution in [0.1, 0.15) is 48.0 Å². The first-order valence-electron chi connectivity index (χ1n) is 11.9. The van der Waals surface area contributed by atoms with Crippen molar-refractivity contribution in [3.8, 4) is 5.75 Å². The third-order valence-corrected chi connectivity index (χ3v) is 7.71. The van der Waals surface area contributed by atoms with E-state index in [2.05, 4.69) is 10.6 Å². The molecule has 1 aliphatic carbocycles. The van der Waals surface area contributed by atoms with E-state index in [0.29, 0.717) is 12.2 Å². The lowest BCUT2D eigenvalue weighted by Crippen LogP contribution is -2.38. The molecule has 0 radical (unpaired) electrons. The van der Waals surface area contributed by atoms with Gasteiger partial charge in [0, 0.05) is 30.5 Å². The maximum atomic E-state index is 14.6. The molecule has 0 spiro atoms. The molecule has 4 rings (SSSR count). The molecule has 3 N–H and O–H groups in total. The number of carbonyl (C=O) groups excluding carboxylic acids is 2. The molecule has 1 atom stereocenters. The van der Waals surface area contributed by atoms with Crippen LogP contribution in [-0.2, 0) is 16.0 Å². The highest BCUT2D eigenvalue weighted by atomic mass is 32.2. The maximum absolute atomic E-state index is 14.6. The van der Waals surface area contributed by atoms with E-state index in [4.69, 9.17) is 9.84 Å². The lowest BCUT2D eigenvalue weighted by molar-refractivity contribution is -0.138. The lowest BCUT2D eigenvalue weighted by atomic mass is 9.85. The molecule has 1 saturated carbocycles. The quantitative estimate of drug-likeness (QED) is 0.453. The Bertz CT molecular complexity index is 1060. The van der Waals surface area contributed by atoms with Gasteiger partial charge in [0.15, 0.2) is 0 Å². The molecule has 0 aromatic heterocycles. The summed E-state index contributed by atoms with van der Waals surface area (Å²) in [7, 11) is 0. The maximum Gasteiger partial charge on any atom is 0.303 e. The van der Waals surface area contributed by atoms with Gasteiger partial charge in [0.25, 0.3) is 5.91 Å². The zero-order valence-electron chi connectivity index (χ0n) is 19.3. The van der Waals surface area contributed by atoms with Crippen LogP contribution < -0.4 is 15.4 Å². The molecule has 1 unspecified atom stereocenters. The molecule has 2 amide bonds. The molecule has 186 valence electrons. The Morgan fingerprint density at radius 2 is 1.77 bits per heavy atom. The molecule has 1 fully saturated rings. The number of fused-ring (bicyclic) bond motifs is 1. The van der Waals surface area contributed by atoms with Crippen molar-refractivity contribution in [2.45, 2.75) is 54.8 Å². The molecule has 7 nitrogen and oxygen atoms in total. The Hall–Kier alpha value is -3.07. The summed E-state index contributed by atoms with van der Waals surface area (Å²) in [6.07, 6.45) is 3.74. The fourth-order valence-electron chi connectivity index (χ4n) is 4.55. The molecule has 0 bridgehead atoms. The van der Waals surface area contributed by atoms with Gasteiger partial charge in [-0.3, -0.25) is 14.4 Å². The van der Waals surface area contributed by atoms with Crippen molar-refractivity contribution in [3.63, 3.8) is 0 Å². The fourth-order valence-corrected chi connectivity index (χ4v) is 5.77. The number of hydrogen-bond donors (Lipinski definition) is 3. The number of carbonyl (C=O) groups is 3. The van der Waals surface area contributed by atoms with Crippen LogP contribution in [0.5, 0.6) is 5.75 Å². The van der Waals surface area contributed by atoms with Crippen LogP contribution in [-0.4, -0.2) is 47.3 Å². The number of aliphatic carboxylic acids is 1. The lowest BCUT2D eigenvalue weighted by Gasteiger charge is -2.28. The van der Waals surface area contributed by atoms with Crippen molar-refractivity contribution in [1.29, 1.82) is 0 Å². The highest BCUT2D eigenvalue weighted by Crippen LogP contribution is 2.36. The van der Waals surface area contributed by atoms with Gasteiger partial charge in [-0.2, -0.15) is 0 Å². The zero-order valence-corrected chi connectivity index (χ0v) is 20.1. The van der Waals surface area contributed by atoms with E-state index < -0.39 is 17.7 Å². The van der Waals surface area contributed by atoms with Crippen molar-refractivity contribution in [2.24, 2.45) is 5.92 Å². The van der Waals surface area contributed by atoms with Crippen LogP contribution in [0.15, 0.2) is 47.4 Å². The molecule has 1 aliphatic heterocycles. The van der Waals surface area contributed by atoms with Crippen molar-refractivity contribution in [2.75, 3.05) is 13.1 Å². The number of benzene rings is 2. The third-order valence-electron chi connectivity index (χ3n) is 6.39. The highest BCUT2D eigenvalue weighted by molar-refractivity contribution is 8.01. The minimum absolute atomic E-state index is 0.0786. The summed E-state index contributed by atoms with van der Waals surface area (Å²) in [4.78, 5) is 36.8.